The van der Waals surface area contributed by atoms with Gasteiger partial charge in [0.15, 0.2) is 0 Å². The van der Waals surface area contributed by atoms with Crippen molar-refractivity contribution in [2.24, 2.45) is 0 Å². The van der Waals surface area contributed by atoms with Crippen LogP contribution < -0.4 is 0 Å². The molecule has 0 aliphatic carbocycles. The van der Waals surface area contributed by atoms with E-state index in [2.05, 4.69) is 39.8 Å². The van der Waals surface area contributed by atoms with Crippen LogP contribution in [0.5, 0.6) is 0 Å². The van der Waals surface area contributed by atoms with Gasteiger partial charge in [0, 0.05) is 34.9 Å². The van der Waals surface area contributed by atoms with Crippen LogP contribution in [0.1, 0.15) is 33.1 Å². The highest BCUT2D eigenvalue weighted by Gasteiger charge is 2.37. The summed E-state index contributed by atoms with van der Waals surface area (Å²) in [6.45, 7) is 5.90. The number of hydrogen-bond donors (Lipinski definition) is 0. The minimum Gasteiger partial charge on any atom is -0.242 e. The molecule has 0 N–H and O–H groups in total. The molecular weight excluding hydrogens is 225 g/mol. The fourth-order valence-corrected chi connectivity index (χ4v) is 2.09. The van der Waals surface area contributed by atoms with Gasteiger partial charge >= 0.3 is 0 Å². The molecule has 1 aliphatic heterocycles. The maximum atomic E-state index is 2.43. The molecule has 1 nitrogen and oxygen atoms in total. The van der Waals surface area contributed by atoms with E-state index in [1.54, 1.807) is 0 Å². The standard InChI is InChI=1S/C7H14IN/c1-3-4-7(2)5-6-9(7)8/h3-6H2,1-2H3/t7-/m0/s1. The highest BCUT2D eigenvalue weighted by molar-refractivity contribution is 14.1. The van der Waals surface area contributed by atoms with Gasteiger partial charge in [-0.1, -0.05) is 13.3 Å². The molecule has 1 fully saturated rings. The second-order valence-corrected chi connectivity index (χ2v) is 4.25. The molecule has 1 rings (SSSR count). The zero-order chi connectivity index (χ0) is 6.91. The SMILES string of the molecule is CCC[C@@]1(C)CCN1I. The predicted octanol–water partition coefficient (Wildman–Crippen LogP) is 2.60. The lowest BCUT2D eigenvalue weighted by Gasteiger charge is -2.46. The topological polar surface area (TPSA) is 3.24 Å². The van der Waals surface area contributed by atoms with Crippen molar-refractivity contribution in [1.82, 2.24) is 3.11 Å². The predicted molar refractivity (Wildman–Crippen MR) is 48.7 cm³/mol. The molecule has 1 atom stereocenters. The summed E-state index contributed by atoms with van der Waals surface area (Å²) < 4.78 is 2.42. The van der Waals surface area contributed by atoms with Crippen LogP contribution in [-0.4, -0.2) is 15.2 Å². The number of halogens is 1. The molecule has 0 amide bonds. The van der Waals surface area contributed by atoms with Crippen LogP contribution >= 0.6 is 22.9 Å². The summed E-state index contributed by atoms with van der Waals surface area (Å²) in [6, 6.07) is 0. The maximum Gasteiger partial charge on any atom is 0.0289 e. The zero-order valence-corrected chi connectivity index (χ0v) is 8.31. The van der Waals surface area contributed by atoms with Crippen LogP contribution in [0.25, 0.3) is 0 Å². The van der Waals surface area contributed by atoms with Gasteiger partial charge in [0.25, 0.3) is 0 Å². The third kappa shape index (κ3) is 1.40. The van der Waals surface area contributed by atoms with Gasteiger partial charge in [0.05, 0.1) is 0 Å². The molecule has 0 saturated carbocycles. The summed E-state index contributed by atoms with van der Waals surface area (Å²) >= 11 is 2.43. The first-order valence-electron chi connectivity index (χ1n) is 3.62. The monoisotopic (exact) mass is 239 g/mol. The second-order valence-electron chi connectivity index (χ2n) is 3.08. The van der Waals surface area contributed by atoms with E-state index < -0.39 is 0 Å². The molecule has 0 bridgehead atoms. The first-order chi connectivity index (χ1) is 4.19. The molecule has 1 saturated heterocycles. The Bertz CT molecular complexity index is 105. The minimum atomic E-state index is 0.551. The van der Waals surface area contributed by atoms with Gasteiger partial charge in [-0.05, 0) is 19.8 Å². The highest BCUT2D eigenvalue weighted by atomic mass is 127. The van der Waals surface area contributed by atoms with Crippen molar-refractivity contribution < 1.29 is 0 Å². The maximum absolute atomic E-state index is 2.43. The Balaban J connectivity index is 2.34. The van der Waals surface area contributed by atoms with Gasteiger partial charge in [0.1, 0.15) is 0 Å². The number of hydrogen-bond acceptors (Lipinski definition) is 1. The lowest BCUT2D eigenvalue weighted by Crippen LogP contribution is -2.51. The molecule has 0 aromatic rings. The molecule has 1 heterocycles. The lowest BCUT2D eigenvalue weighted by molar-refractivity contribution is 0.114. The molecule has 54 valence electrons. The summed E-state index contributed by atoms with van der Waals surface area (Å²) in [6.07, 6.45) is 4.07. The smallest absolute Gasteiger partial charge is 0.0289 e. The van der Waals surface area contributed by atoms with Crippen LogP contribution in [0.3, 0.4) is 0 Å². The van der Waals surface area contributed by atoms with Crippen LogP contribution in [0.2, 0.25) is 0 Å². The molecular formula is C7H14IN. The normalized spacial score (nSPS) is 36.3. The van der Waals surface area contributed by atoms with Crippen molar-refractivity contribution >= 4 is 22.9 Å². The van der Waals surface area contributed by atoms with Crippen LogP contribution in [0, 0.1) is 0 Å². The Labute approximate surface area is 71.3 Å². The molecule has 2 heteroatoms. The summed E-state index contributed by atoms with van der Waals surface area (Å²) in [5, 5.41) is 0. The highest BCUT2D eigenvalue weighted by Crippen LogP contribution is 2.37. The Hall–Kier alpha value is 0.690. The number of rotatable bonds is 2. The summed E-state index contributed by atoms with van der Waals surface area (Å²) in [5.41, 5.74) is 0.551. The molecule has 0 aromatic carbocycles. The van der Waals surface area contributed by atoms with Crippen molar-refractivity contribution in [2.45, 2.75) is 38.6 Å². The van der Waals surface area contributed by atoms with Gasteiger partial charge in [-0.25, -0.2) is 3.11 Å². The van der Waals surface area contributed by atoms with Crippen molar-refractivity contribution in [2.75, 3.05) is 6.54 Å². The molecule has 0 aromatic heterocycles. The third-order valence-corrected chi connectivity index (χ3v) is 3.87. The zero-order valence-electron chi connectivity index (χ0n) is 6.15. The minimum absolute atomic E-state index is 0.551. The van der Waals surface area contributed by atoms with E-state index in [-0.39, 0.29) is 0 Å². The Morgan fingerprint density at radius 1 is 1.67 bits per heavy atom. The summed E-state index contributed by atoms with van der Waals surface area (Å²) in [7, 11) is 0. The van der Waals surface area contributed by atoms with E-state index in [0.29, 0.717) is 5.54 Å². The van der Waals surface area contributed by atoms with Gasteiger partial charge in [0.2, 0.25) is 0 Å². The van der Waals surface area contributed by atoms with E-state index in [0.717, 1.165) is 0 Å². The largest absolute Gasteiger partial charge is 0.242 e. The van der Waals surface area contributed by atoms with E-state index in [4.69, 9.17) is 0 Å². The first-order valence-corrected chi connectivity index (χ1v) is 4.59. The average Bonchev–Trinajstić information content (AvgIpc) is 1.86. The third-order valence-electron chi connectivity index (χ3n) is 2.22. The molecule has 1 aliphatic rings. The Kier molecular flexibility index (Phi) is 2.37. The van der Waals surface area contributed by atoms with Gasteiger partial charge in [-0.3, -0.25) is 0 Å². The van der Waals surface area contributed by atoms with Gasteiger partial charge < -0.3 is 0 Å². The fraction of sp³-hybridized carbons (Fsp3) is 1.00. The van der Waals surface area contributed by atoms with Crippen molar-refractivity contribution in [3.05, 3.63) is 0 Å². The van der Waals surface area contributed by atoms with Crippen molar-refractivity contribution in [1.29, 1.82) is 0 Å². The van der Waals surface area contributed by atoms with Crippen LogP contribution in [0.15, 0.2) is 0 Å². The van der Waals surface area contributed by atoms with E-state index in [9.17, 15) is 0 Å². The molecule has 9 heavy (non-hydrogen) atoms. The number of nitrogens with zero attached hydrogens (tertiary/aromatic N) is 1. The second kappa shape index (κ2) is 2.74. The fourth-order valence-electron chi connectivity index (χ4n) is 1.36. The van der Waals surface area contributed by atoms with E-state index in [1.165, 1.54) is 25.8 Å². The van der Waals surface area contributed by atoms with Gasteiger partial charge in [-0.2, -0.15) is 0 Å². The first kappa shape index (κ1) is 7.79. The van der Waals surface area contributed by atoms with Crippen LogP contribution in [0.4, 0.5) is 0 Å². The van der Waals surface area contributed by atoms with Crippen molar-refractivity contribution in [3.8, 4) is 0 Å². The molecule has 0 unspecified atom stereocenters. The van der Waals surface area contributed by atoms with Gasteiger partial charge in [-0.15, -0.1) is 0 Å². The Morgan fingerprint density at radius 3 is 2.44 bits per heavy atom. The Morgan fingerprint density at radius 2 is 2.33 bits per heavy atom. The van der Waals surface area contributed by atoms with E-state index in [1.807, 2.05) is 0 Å². The summed E-state index contributed by atoms with van der Waals surface area (Å²) in [5.74, 6) is 0. The average molecular weight is 239 g/mol. The molecule has 0 spiro atoms. The van der Waals surface area contributed by atoms with E-state index >= 15 is 0 Å². The van der Waals surface area contributed by atoms with Crippen molar-refractivity contribution in [3.63, 3.8) is 0 Å². The van der Waals surface area contributed by atoms with Crippen LogP contribution in [-0.2, 0) is 0 Å². The molecule has 0 radical (unpaired) electrons. The lowest BCUT2D eigenvalue weighted by atomic mass is 9.86. The summed E-state index contributed by atoms with van der Waals surface area (Å²) in [4.78, 5) is 0. The quantitative estimate of drug-likeness (QED) is 0.528.